The SMILES string of the molecule is COC(=O)c1sccc1NC(=O)CCOCC(F)(F)F. The van der Waals surface area contributed by atoms with E-state index >= 15 is 0 Å². The first-order valence-corrected chi connectivity index (χ1v) is 6.31. The van der Waals surface area contributed by atoms with Crippen molar-refractivity contribution in [3.8, 4) is 0 Å². The molecule has 0 aromatic carbocycles. The lowest BCUT2D eigenvalue weighted by atomic mass is 10.3. The zero-order valence-electron chi connectivity index (χ0n) is 10.5. The lowest BCUT2D eigenvalue weighted by Gasteiger charge is -2.08. The summed E-state index contributed by atoms with van der Waals surface area (Å²) in [5, 5.41) is 4.00. The molecule has 0 aliphatic carbocycles. The predicted octanol–water partition coefficient (Wildman–Crippen LogP) is 2.44. The van der Waals surface area contributed by atoms with Crippen LogP contribution in [0.2, 0.25) is 0 Å². The normalized spacial score (nSPS) is 11.2. The highest BCUT2D eigenvalue weighted by Crippen LogP contribution is 2.23. The van der Waals surface area contributed by atoms with Gasteiger partial charge in [-0.05, 0) is 11.4 Å². The molecule has 1 heterocycles. The summed E-state index contributed by atoms with van der Waals surface area (Å²) in [4.78, 5) is 23.0. The number of ether oxygens (including phenoxy) is 2. The molecule has 1 amide bonds. The van der Waals surface area contributed by atoms with Gasteiger partial charge in [-0.25, -0.2) is 4.79 Å². The Labute approximate surface area is 116 Å². The Morgan fingerprint density at radius 2 is 2.10 bits per heavy atom. The molecule has 0 unspecified atom stereocenters. The van der Waals surface area contributed by atoms with Crippen molar-refractivity contribution in [2.24, 2.45) is 0 Å². The van der Waals surface area contributed by atoms with Crippen LogP contribution in [-0.4, -0.2) is 38.4 Å². The average Bonchev–Trinajstić information content (AvgIpc) is 2.80. The third-order valence-corrected chi connectivity index (χ3v) is 2.94. The molecular formula is C11H12F3NO4S. The van der Waals surface area contributed by atoms with Crippen LogP contribution in [0, 0.1) is 0 Å². The second kappa shape index (κ2) is 7.25. The van der Waals surface area contributed by atoms with E-state index in [1.807, 2.05) is 0 Å². The fourth-order valence-electron chi connectivity index (χ4n) is 1.22. The van der Waals surface area contributed by atoms with E-state index in [2.05, 4.69) is 14.8 Å². The van der Waals surface area contributed by atoms with Gasteiger partial charge in [0.05, 0.1) is 25.8 Å². The number of carbonyl (C=O) groups excluding carboxylic acids is 2. The molecule has 0 bridgehead atoms. The molecule has 0 fully saturated rings. The minimum atomic E-state index is -4.41. The van der Waals surface area contributed by atoms with Crippen molar-refractivity contribution >= 4 is 28.9 Å². The van der Waals surface area contributed by atoms with Gasteiger partial charge in [-0.1, -0.05) is 0 Å². The molecule has 20 heavy (non-hydrogen) atoms. The molecule has 0 atom stereocenters. The van der Waals surface area contributed by atoms with Crippen molar-refractivity contribution in [1.82, 2.24) is 0 Å². The van der Waals surface area contributed by atoms with Gasteiger partial charge in [0.1, 0.15) is 11.5 Å². The van der Waals surface area contributed by atoms with Crippen LogP contribution < -0.4 is 5.32 Å². The Balaban J connectivity index is 2.40. The maximum absolute atomic E-state index is 11.8. The summed E-state index contributed by atoms with van der Waals surface area (Å²) in [6.45, 7) is -1.75. The lowest BCUT2D eigenvalue weighted by molar-refractivity contribution is -0.174. The zero-order valence-corrected chi connectivity index (χ0v) is 11.3. The van der Waals surface area contributed by atoms with Crippen LogP contribution in [-0.2, 0) is 14.3 Å². The first kappa shape index (κ1) is 16.4. The predicted molar refractivity (Wildman–Crippen MR) is 65.8 cm³/mol. The molecule has 1 rings (SSSR count). The minimum absolute atomic E-state index is 0.219. The van der Waals surface area contributed by atoms with E-state index in [0.29, 0.717) is 0 Å². The van der Waals surface area contributed by atoms with Gasteiger partial charge >= 0.3 is 12.1 Å². The summed E-state index contributed by atoms with van der Waals surface area (Å²) in [7, 11) is 1.21. The van der Waals surface area contributed by atoms with Crippen LogP contribution in [0.25, 0.3) is 0 Å². The van der Waals surface area contributed by atoms with Crippen LogP contribution in [0.1, 0.15) is 16.1 Å². The zero-order chi connectivity index (χ0) is 15.2. The van der Waals surface area contributed by atoms with Gasteiger partial charge in [0.25, 0.3) is 0 Å². The number of halogens is 3. The number of esters is 1. The van der Waals surface area contributed by atoms with E-state index in [1.165, 1.54) is 13.2 Å². The number of rotatable bonds is 6. The smallest absolute Gasteiger partial charge is 0.411 e. The van der Waals surface area contributed by atoms with E-state index in [9.17, 15) is 22.8 Å². The Hall–Kier alpha value is -1.61. The second-order valence-corrected chi connectivity index (χ2v) is 4.54. The number of thiophene rings is 1. The monoisotopic (exact) mass is 311 g/mol. The summed E-state index contributed by atoms with van der Waals surface area (Å²) in [6.07, 6.45) is -4.66. The van der Waals surface area contributed by atoms with Gasteiger partial charge in [0.15, 0.2) is 0 Å². The molecule has 0 aliphatic rings. The van der Waals surface area contributed by atoms with Gasteiger partial charge in [-0.3, -0.25) is 4.79 Å². The number of alkyl halides is 3. The van der Waals surface area contributed by atoms with Gasteiger partial charge < -0.3 is 14.8 Å². The van der Waals surface area contributed by atoms with E-state index in [1.54, 1.807) is 5.38 Å². The van der Waals surface area contributed by atoms with Crippen molar-refractivity contribution in [2.45, 2.75) is 12.6 Å². The molecular weight excluding hydrogens is 299 g/mol. The third kappa shape index (κ3) is 5.57. The first-order chi connectivity index (χ1) is 9.33. The van der Waals surface area contributed by atoms with E-state index < -0.39 is 24.7 Å². The molecule has 0 radical (unpaired) electrons. The molecule has 1 aromatic rings. The quantitative estimate of drug-likeness (QED) is 0.647. The topological polar surface area (TPSA) is 64.6 Å². The molecule has 112 valence electrons. The number of anilines is 1. The molecule has 5 nitrogen and oxygen atoms in total. The van der Waals surface area contributed by atoms with Gasteiger partial charge in [0.2, 0.25) is 5.91 Å². The summed E-state index contributed by atoms with van der Waals surface area (Å²) in [6, 6.07) is 1.51. The summed E-state index contributed by atoms with van der Waals surface area (Å²) in [5.74, 6) is -1.14. The number of methoxy groups -OCH3 is 1. The van der Waals surface area contributed by atoms with Gasteiger partial charge in [0, 0.05) is 0 Å². The number of carbonyl (C=O) groups is 2. The Morgan fingerprint density at radius 3 is 2.70 bits per heavy atom. The van der Waals surface area contributed by atoms with E-state index in [0.717, 1.165) is 11.3 Å². The van der Waals surface area contributed by atoms with Crippen LogP contribution >= 0.6 is 11.3 Å². The Kier molecular flexibility index (Phi) is 5.96. The fourth-order valence-corrected chi connectivity index (χ4v) is 1.99. The molecule has 9 heteroatoms. The molecule has 0 aliphatic heterocycles. The van der Waals surface area contributed by atoms with Crippen molar-refractivity contribution in [1.29, 1.82) is 0 Å². The first-order valence-electron chi connectivity index (χ1n) is 5.43. The van der Waals surface area contributed by atoms with Crippen molar-refractivity contribution in [3.05, 3.63) is 16.3 Å². The average molecular weight is 311 g/mol. The highest BCUT2D eigenvalue weighted by atomic mass is 32.1. The maximum atomic E-state index is 11.8. The van der Waals surface area contributed by atoms with Crippen molar-refractivity contribution < 1.29 is 32.2 Å². The summed E-state index contributed by atoms with van der Waals surface area (Å²) < 4.78 is 44.2. The Bertz CT molecular complexity index is 472. The largest absolute Gasteiger partial charge is 0.465 e. The van der Waals surface area contributed by atoms with Crippen LogP contribution in [0.15, 0.2) is 11.4 Å². The Morgan fingerprint density at radius 1 is 1.40 bits per heavy atom. The second-order valence-electron chi connectivity index (χ2n) is 3.62. The molecule has 0 saturated heterocycles. The molecule has 0 saturated carbocycles. The fraction of sp³-hybridized carbons (Fsp3) is 0.455. The van der Waals surface area contributed by atoms with Gasteiger partial charge in [-0.2, -0.15) is 13.2 Å². The molecule has 0 spiro atoms. The van der Waals surface area contributed by atoms with E-state index in [4.69, 9.17) is 0 Å². The maximum Gasteiger partial charge on any atom is 0.411 e. The van der Waals surface area contributed by atoms with Gasteiger partial charge in [-0.15, -0.1) is 11.3 Å². The molecule has 1 N–H and O–H groups in total. The number of nitrogens with one attached hydrogen (secondary N) is 1. The third-order valence-electron chi connectivity index (χ3n) is 2.05. The van der Waals surface area contributed by atoms with E-state index in [-0.39, 0.29) is 23.6 Å². The molecule has 1 aromatic heterocycles. The summed E-state index contributed by atoms with van der Waals surface area (Å²) in [5.41, 5.74) is 0.266. The highest BCUT2D eigenvalue weighted by Gasteiger charge is 2.27. The standard InChI is InChI=1S/C11H12F3NO4S/c1-18-10(17)9-7(3-5-20-9)15-8(16)2-4-19-6-11(12,13)14/h3,5H,2,4,6H2,1H3,(H,15,16). The van der Waals surface area contributed by atoms with Crippen LogP contribution in [0.4, 0.5) is 18.9 Å². The minimum Gasteiger partial charge on any atom is -0.465 e. The number of amides is 1. The highest BCUT2D eigenvalue weighted by molar-refractivity contribution is 7.12. The van der Waals surface area contributed by atoms with Crippen molar-refractivity contribution in [2.75, 3.05) is 25.6 Å². The van der Waals surface area contributed by atoms with Crippen molar-refractivity contribution in [3.63, 3.8) is 0 Å². The summed E-state index contributed by atoms with van der Waals surface area (Å²) >= 11 is 1.09. The number of hydrogen-bond acceptors (Lipinski definition) is 5. The van der Waals surface area contributed by atoms with Crippen LogP contribution in [0.5, 0.6) is 0 Å². The number of hydrogen-bond donors (Lipinski definition) is 1. The van der Waals surface area contributed by atoms with Crippen LogP contribution in [0.3, 0.4) is 0 Å². The lowest BCUT2D eigenvalue weighted by Crippen LogP contribution is -2.20.